The number of nitrogens with zero attached hydrogens (tertiary/aromatic N) is 3. The van der Waals surface area contributed by atoms with Gasteiger partial charge in [-0.15, -0.1) is 0 Å². The van der Waals surface area contributed by atoms with Gasteiger partial charge in [-0.2, -0.15) is 0 Å². The number of pyridine rings is 1. The SMILES string of the molecule is Cc1ccc(C(=O)c2cncnc2N[C@@H]2C[C@H](CCc3ccc4cc(Br)c(N)nc4c3)[C@@H](O)[C@H]2O)cc1. The molecule has 8 nitrogen and oxygen atoms in total. The molecule has 0 saturated heterocycles. The molecule has 0 bridgehead atoms. The fraction of sp³-hybridized carbons (Fsp3) is 0.286. The molecule has 5 rings (SSSR count). The molecule has 2 aromatic carbocycles. The molecule has 1 saturated carbocycles. The van der Waals surface area contributed by atoms with Crippen LogP contribution >= 0.6 is 15.9 Å². The molecule has 9 heteroatoms. The molecule has 37 heavy (non-hydrogen) atoms. The van der Waals surface area contributed by atoms with E-state index in [4.69, 9.17) is 5.73 Å². The molecular formula is C28H28BrN5O3. The van der Waals surface area contributed by atoms with Crippen molar-refractivity contribution in [1.29, 1.82) is 0 Å². The molecule has 0 spiro atoms. The third kappa shape index (κ3) is 5.34. The van der Waals surface area contributed by atoms with Gasteiger partial charge in [0.05, 0.1) is 27.7 Å². The second kappa shape index (κ2) is 10.5. The van der Waals surface area contributed by atoms with Gasteiger partial charge in [0.15, 0.2) is 5.78 Å². The minimum absolute atomic E-state index is 0.121. The Kier molecular flexibility index (Phi) is 7.19. The number of nitrogen functional groups attached to an aromatic ring is 1. The number of nitrogens with two attached hydrogens (primary N) is 1. The predicted molar refractivity (Wildman–Crippen MR) is 146 cm³/mol. The molecule has 2 aromatic heterocycles. The van der Waals surface area contributed by atoms with Crippen molar-refractivity contribution in [3.05, 3.63) is 87.8 Å². The molecule has 2 heterocycles. The summed E-state index contributed by atoms with van der Waals surface area (Å²) in [5, 5.41) is 25.8. The molecule has 5 N–H and O–H groups in total. The lowest BCUT2D eigenvalue weighted by Gasteiger charge is -2.19. The van der Waals surface area contributed by atoms with E-state index in [9.17, 15) is 15.0 Å². The van der Waals surface area contributed by atoms with Gasteiger partial charge in [-0.25, -0.2) is 15.0 Å². The first-order valence-electron chi connectivity index (χ1n) is 12.2. The number of hydrogen-bond acceptors (Lipinski definition) is 8. The average molecular weight is 562 g/mol. The molecular weight excluding hydrogens is 534 g/mol. The molecule has 4 atom stereocenters. The number of carbonyl (C=O) groups is 1. The number of benzene rings is 2. The first kappa shape index (κ1) is 25.3. The van der Waals surface area contributed by atoms with Crippen LogP contribution < -0.4 is 11.1 Å². The summed E-state index contributed by atoms with van der Waals surface area (Å²) < 4.78 is 0.766. The lowest BCUT2D eigenvalue weighted by atomic mass is 9.95. The van der Waals surface area contributed by atoms with Gasteiger partial charge in [0.25, 0.3) is 0 Å². The number of aromatic nitrogens is 3. The third-order valence-electron chi connectivity index (χ3n) is 7.06. The number of ketones is 1. The monoisotopic (exact) mass is 561 g/mol. The Hall–Kier alpha value is -3.40. The topological polar surface area (TPSA) is 134 Å². The normalized spacial score (nSPS) is 21.3. The molecule has 1 aliphatic rings. The zero-order valence-corrected chi connectivity index (χ0v) is 21.9. The van der Waals surface area contributed by atoms with E-state index in [-0.39, 0.29) is 11.7 Å². The highest BCUT2D eigenvalue weighted by Crippen LogP contribution is 2.33. The van der Waals surface area contributed by atoms with E-state index in [1.165, 1.54) is 12.5 Å². The van der Waals surface area contributed by atoms with E-state index >= 15 is 0 Å². The van der Waals surface area contributed by atoms with Crippen molar-refractivity contribution in [1.82, 2.24) is 15.0 Å². The molecule has 0 aliphatic heterocycles. The highest BCUT2D eigenvalue weighted by Gasteiger charge is 2.41. The fourth-order valence-corrected chi connectivity index (χ4v) is 5.25. The number of nitrogens with one attached hydrogen (secondary N) is 1. The smallest absolute Gasteiger partial charge is 0.198 e. The van der Waals surface area contributed by atoms with Crippen LogP contribution in [0.4, 0.5) is 11.6 Å². The number of hydrogen-bond donors (Lipinski definition) is 4. The van der Waals surface area contributed by atoms with Crippen molar-refractivity contribution in [2.75, 3.05) is 11.1 Å². The van der Waals surface area contributed by atoms with E-state index < -0.39 is 18.2 Å². The van der Waals surface area contributed by atoms with Crippen molar-refractivity contribution in [3.63, 3.8) is 0 Å². The van der Waals surface area contributed by atoms with E-state index in [0.29, 0.717) is 35.6 Å². The summed E-state index contributed by atoms with van der Waals surface area (Å²) >= 11 is 3.41. The number of anilines is 2. The van der Waals surface area contributed by atoms with Crippen LogP contribution in [0.1, 0.15) is 39.9 Å². The van der Waals surface area contributed by atoms with Crippen molar-refractivity contribution >= 4 is 44.3 Å². The molecule has 1 aliphatic carbocycles. The number of halogens is 1. The molecule has 0 amide bonds. The van der Waals surface area contributed by atoms with E-state index in [2.05, 4.69) is 36.2 Å². The zero-order chi connectivity index (χ0) is 26.1. The lowest BCUT2D eigenvalue weighted by Crippen LogP contribution is -2.35. The highest BCUT2D eigenvalue weighted by molar-refractivity contribution is 9.10. The van der Waals surface area contributed by atoms with Gasteiger partial charge >= 0.3 is 0 Å². The van der Waals surface area contributed by atoms with Gasteiger partial charge in [-0.3, -0.25) is 4.79 Å². The van der Waals surface area contributed by atoms with Crippen LogP contribution in [0.15, 0.2) is 65.5 Å². The van der Waals surface area contributed by atoms with Crippen LogP contribution in [0.3, 0.4) is 0 Å². The minimum Gasteiger partial charge on any atom is -0.390 e. The second-order valence-corrected chi connectivity index (χ2v) is 10.5. The van der Waals surface area contributed by atoms with E-state index in [0.717, 1.165) is 32.9 Å². The average Bonchev–Trinajstić information content (AvgIpc) is 3.16. The van der Waals surface area contributed by atoms with Crippen LogP contribution in [-0.2, 0) is 6.42 Å². The lowest BCUT2D eigenvalue weighted by molar-refractivity contribution is 0.0158. The quantitative estimate of drug-likeness (QED) is 0.248. The first-order valence-corrected chi connectivity index (χ1v) is 13.0. The number of rotatable bonds is 7. The van der Waals surface area contributed by atoms with Crippen molar-refractivity contribution in [2.45, 2.75) is 44.4 Å². The molecule has 4 aromatic rings. The van der Waals surface area contributed by atoms with Crippen LogP contribution in [-0.4, -0.2) is 49.2 Å². The number of aliphatic hydroxyl groups excluding tert-OH is 2. The maximum atomic E-state index is 13.1. The predicted octanol–water partition coefficient (Wildman–Crippen LogP) is 4.06. The Morgan fingerprint density at radius 2 is 1.92 bits per heavy atom. The van der Waals surface area contributed by atoms with Gasteiger partial charge in [-0.1, -0.05) is 42.0 Å². The molecule has 1 fully saturated rings. The Bertz CT molecular complexity index is 1450. The summed E-state index contributed by atoms with van der Waals surface area (Å²) in [4.78, 5) is 25.8. The van der Waals surface area contributed by atoms with Gasteiger partial charge in [0, 0.05) is 17.1 Å². The maximum absolute atomic E-state index is 13.1. The zero-order valence-electron chi connectivity index (χ0n) is 20.3. The summed E-state index contributed by atoms with van der Waals surface area (Å²) in [6.45, 7) is 1.96. The van der Waals surface area contributed by atoms with Crippen LogP contribution in [0.25, 0.3) is 10.9 Å². The second-order valence-electron chi connectivity index (χ2n) is 9.63. The Labute approximate surface area is 223 Å². The van der Waals surface area contributed by atoms with E-state index in [1.54, 1.807) is 12.1 Å². The van der Waals surface area contributed by atoms with E-state index in [1.807, 2.05) is 43.3 Å². The number of carbonyl (C=O) groups excluding carboxylic acids is 1. The summed E-state index contributed by atoms with van der Waals surface area (Å²) in [7, 11) is 0. The fourth-order valence-electron chi connectivity index (χ4n) is 4.91. The Morgan fingerprint density at radius 3 is 2.70 bits per heavy atom. The van der Waals surface area contributed by atoms with Gasteiger partial charge in [-0.05, 0) is 65.7 Å². The van der Waals surface area contributed by atoms with Crippen molar-refractivity contribution in [2.24, 2.45) is 5.92 Å². The van der Waals surface area contributed by atoms with Crippen LogP contribution in [0.2, 0.25) is 0 Å². The molecule has 0 unspecified atom stereocenters. The van der Waals surface area contributed by atoms with Gasteiger partial charge in [0.2, 0.25) is 0 Å². The number of fused-ring (bicyclic) bond motifs is 1. The summed E-state index contributed by atoms with van der Waals surface area (Å²) in [5.74, 6) is 0.467. The van der Waals surface area contributed by atoms with Gasteiger partial charge < -0.3 is 21.3 Å². The minimum atomic E-state index is -0.988. The standard InChI is InChI=1S/C28H28BrN5O3/c1-15-2-6-17(7-3-15)24(35)20-13-31-14-32-28(20)34-23-12-19(25(36)26(23)37)9-5-16-4-8-18-11-21(29)27(30)33-22(18)10-16/h2-4,6-8,10-11,13-14,19,23,25-26,36-37H,5,9,12H2,1H3,(H2,30,33)(H,31,32,34)/t19-,23+,25+,26-/m0/s1. The van der Waals surface area contributed by atoms with Crippen molar-refractivity contribution in [3.8, 4) is 0 Å². The van der Waals surface area contributed by atoms with Crippen molar-refractivity contribution < 1.29 is 15.0 Å². The number of aliphatic hydroxyl groups is 2. The summed E-state index contributed by atoms with van der Waals surface area (Å²) in [6, 6.07) is 14.9. The Morgan fingerprint density at radius 1 is 1.14 bits per heavy atom. The Balaban J connectivity index is 1.27. The highest BCUT2D eigenvalue weighted by atomic mass is 79.9. The molecule has 190 valence electrons. The largest absolute Gasteiger partial charge is 0.390 e. The molecule has 0 radical (unpaired) electrons. The summed E-state index contributed by atoms with van der Waals surface area (Å²) in [5.41, 5.74) is 9.76. The van der Waals surface area contributed by atoms with Gasteiger partial charge in [0.1, 0.15) is 24.1 Å². The van der Waals surface area contributed by atoms with Crippen LogP contribution in [0, 0.1) is 12.8 Å². The number of aryl methyl sites for hydroxylation is 2. The van der Waals surface area contributed by atoms with Crippen LogP contribution in [0.5, 0.6) is 0 Å². The first-order chi connectivity index (χ1) is 17.8. The third-order valence-corrected chi connectivity index (χ3v) is 7.70. The summed E-state index contributed by atoms with van der Waals surface area (Å²) in [6.07, 6.45) is 2.91. The maximum Gasteiger partial charge on any atom is 0.198 e.